The molecule has 0 aliphatic heterocycles. The van der Waals surface area contributed by atoms with E-state index in [0.29, 0.717) is 5.92 Å². The molecule has 1 saturated carbocycles. The molecule has 0 aromatic rings. The molecule has 1 aliphatic rings. The van der Waals surface area contributed by atoms with E-state index in [1.807, 2.05) is 4.90 Å². The summed E-state index contributed by atoms with van der Waals surface area (Å²) in [4.78, 5) is 13.5. The van der Waals surface area contributed by atoms with Crippen LogP contribution >= 0.6 is 0 Å². The average molecular weight is 211 g/mol. The van der Waals surface area contributed by atoms with Crippen molar-refractivity contribution in [2.75, 3.05) is 13.1 Å². The average Bonchev–Trinajstić information content (AvgIpc) is 2.17. The van der Waals surface area contributed by atoms with Crippen LogP contribution in [0.1, 0.15) is 52.9 Å². The zero-order valence-electron chi connectivity index (χ0n) is 10.5. The third-order valence-electron chi connectivity index (χ3n) is 3.23. The summed E-state index contributed by atoms with van der Waals surface area (Å²) in [5.74, 6) is 1.59. The highest BCUT2D eigenvalue weighted by molar-refractivity contribution is 5.73. The summed E-state index contributed by atoms with van der Waals surface area (Å²) in [6.07, 6.45) is 6.75. The molecule has 0 saturated heterocycles. The lowest BCUT2D eigenvalue weighted by Crippen LogP contribution is -2.37. The van der Waals surface area contributed by atoms with E-state index in [1.54, 1.807) is 6.92 Å². The highest BCUT2D eigenvalue weighted by Crippen LogP contribution is 2.24. The smallest absolute Gasteiger partial charge is 0.219 e. The number of carbonyl (C=O) groups is 1. The van der Waals surface area contributed by atoms with Gasteiger partial charge in [0.05, 0.1) is 0 Å². The largest absolute Gasteiger partial charge is 0.342 e. The van der Waals surface area contributed by atoms with Gasteiger partial charge in [-0.05, 0) is 24.7 Å². The molecule has 0 radical (unpaired) electrons. The SMILES string of the molecule is CC(=O)N(CC(C)C)CC1CCCCC1. The molecule has 1 amide bonds. The lowest BCUT2D eigenvalue weighted by atomic mass is 9.89. The Labute approximate surface area is 94.0 Å². The van der Waals surface area contributed by atoms with Gasteiger partial charge in [-0.25, -0.2) is 0 Å². The molecular weight excluding hydrogens is 186 g/mol. The fourth-order valence-electron chi connectivity index (χ4n) is 2.45. The number of hydrogen-bond acceptors (Lipinski definition) is 1. The van der Waals surface area contributed by atoms with E-state index in [-0.39, 0.29) is 5.91 Å². The van der Waals surface area contributed by atoms with Gasteiger partial charge in [-0.2, -0.15) is 0 Å². The topological polar surface area (TPSA) is 20.3 Å². The molecule has 0 bridgehead atoms. The maximum Gasteiger partial charge on any atom is 0.219 e. The maximum absolute atomic E-state index is 11.5. The molecular formula is C13H25NO. The van der Waals surface area contributed by atoms with Crippen molar-refractivity contribution in [3.63, 3.8) is 0 Å². The Morgan fingerprint density at radius 2 is 1.87 bits per heavy atom. The van der Waals surface area contributed by atoms with Crippen molar-refractivity contribution in [3.05, 3.63) is 0 Å². The van der Waals surface area contributed by atoms with Crippen LogP contribution in [0.4, 0.5) is 0 Å². The van der Waals surface area contributed by atoms with Crippen LogP contribution in [0.3, 0.4) is 0 Å². The summed E-state index contributed by atoms with van der Waals surface area (Å²) in [5, 5.41) is 0. The van der Waals surface area contributed by atoms with E-state index in [9.17, 15) is 4.79 Å². The Hall–Kier alpha value is -0.530. The van der Waals surface area contributed by atoms with Crippen LogP contribution in [0.15, 0.2) is 0 Å². The van der Waals surface area contributed by atoms with E-state index in [1.165, 1.54) is 32.1 Å². The number of amides is 1. The van der Waals surface area contributed by atoms with E-state index >= 15 is 0 Å². The summed E-state index contributed by atoms with van der Waals surface area (Å²) in [7, 11) is 0. The highest BCUT2D eigenvalue weighted by Gasteiger charge is 2.19. The second-order valence-corrected chi connectivity index (χ2v) is 5.32. The van der Waals surface area contributed by atoms with E-state index in [0.717, 1.165) is 19.0 Å². The molecule has 2 heteroatoms. The minimum Gasteiger partial charge on any atom is -0.342 e. The quantitative estimate of drug-likeness (QED) is 0.700. The molecule has 1 fully saturated rings. The second-order valence-electron chi connectivity index (χ2n) is 5.32. The van der Waals surface area contributed by atoms with E-state index in [2.05, 4.69) is 13.8 Å². The van der Waals surface area contributed by atoms with Gasteiger partial charge < -0.3 is 4.90 Å². The molecule has 0 heterocycles. The van der Waals surface area contributed by atoms with Crippen molar-refractivity contribution in [3.8, 4) is 0 Å². The van der Waals surface area contributed by atoms with Gasteiger partial charge in [0.15, 0.2) is 0 Å². The molecule has 0 spiro atoms. The normalized spacial score (nSPS) is 18.1. The molecule has 1 rings (SSSR count). The number of rotatable bonds is 4. The molecule has 0 aromatic heterocycles. The number of nitrogens with zero attached hydrogens (tertiary/aromatic N) is 1. The molecule has 0 N–H and O–H groups in total. The van der Waals surface area contributed by atoms with Gasteiger partial charge in [0.1, 0.15) is 0 Å². The monoisotopic (exact) mass is 211 g/mol. The lowest BCUT2D eigenvalue weighted by Gasteiger charge is -2.30. The van der Waals surface area contributed by atoms with Gasteiger partial charge >= 0.3 is 0 Å². The second kappa shape index (κ2) is 6.14. The van der Waals surface area contributed by atoms with Crippen LogP contribution < -0.4 is 0 Å². The Morgan fingerprint density at radius 3 is 2.33 bits per heavy atom. The first kappa shape index (κ1) is 12.5. The summed E-state index contributed by atoms with van der Waals surface area (Å²) < 4.78 is 0. The fourth-order valence-corrected chi connectivity index (χ4v) is 2.45. The van der Waals surface area contributed by atoms with Gasteiger partial charge in [-0.15, -0.1) is 0 Å². The number of carbonyl (C=O) groups excluding carboxylic acids is 1. The summed E-state index contributed by atoms with van der Waals surface area (Å²) in [6.45, 7) is 7.97. The molecule has 1 aliphatic carbocycles. The van der Waals surface area contributed by atoms with Crippen molar-refractivity contribution in [2.45, 2.75) is 52.9 Å². The molecule has 0 aromatic carbocycles. The third-order valence-corrected chi connectivity index (χ3v) is 3.23. The first-order valence-corrected chi connectivity index (χ1v) is 6.35. The minimum absolute atomic E-state index is 0.245. The zero-order chi connectivity index (χ0) is 11.3. The highest BCUT2D eigenvalue weighted by atomic mass is 16.2. The third kappa shape index (κ3) is 4.67. The van der Waals surface area contributed by atoms with Crippen LogP contribution in [0.5, 0.6) is 0 Å². The first-order valence-electron chi connectivity index (χ1n) is 6.35. The van der Waals surface area contributed by atoms with Crippen LogP contribution in [-0.4, -0.2) is 23.9 Å². The van der Waals surface area contributed by atoms with E-state index in [4.69, 9.17) is 0 Å². The van der Waals surface area contributed by atoms with Crippen LogP contribution in [-0.2, 0) is 4.79 Å². The van der Waals surface area contributed by atoms with Crippen molar-refractivity contribution in [1.82, 2.24) is 4.90 Å². The maximum atomic E-state index is 11.5. The van der Waals surface area contributed by atoms with Crippen molar-refractivity contribution >= 4 is 5.91 Å². The number of hydrogen-bond donors (Lipinski definition) is 0. The Bertz CT molecular complexity index is 195. The molecule has 0 atom stereocenters. The predicted octanol–water partition coefficient (Wildman–Crippen LogP) is 3.07. The van der Waals surface area contributed by atoms with Gasteiger partial charge in [-0.3, -0.25) is 4.79 Å². The molecule has 88 valence electrons. The summed E-state index contributed by atoms with van der Waals surface area (Å²) in [5.41, 5.74) is 0. The van der Waals surface area contributed by atoms with Crippen molar-refractivity contribution < 1.29 is 4.79 Å². The van der Waals surface area contributed by atoms with Crippen LogP contribution in [0, 0.1) is 11.8 Å². The first-order chi connectivity index (χ1) is 7.09. The Morgan fingerprint density at radius 1 is 1.27 bits per heavy atom. The van der Waals surface area contributed by atoms with Gasteiger partial charge in [0, 0.05) is 20.0 Å². The van der Waals surface area contributed by atoms with Crippen LogP contribution in [0.2, 0.25) is 0 Å². The standard InChI is InChI=1S/C13H25NO/c1-11(2)9-14(12(3)15)10-13-7-5-4-6-8-13/h11,13H,4-10H2,1-3H3. The summed E-state index contributed by atoms with van der Waals surface area (Å²) >= 11 is 0. The van der Waals surface area contributed by atoms with Crippen LogP contribution in [0.25, 0.3) is 0 Å². The Balaban J connectivity index is 2.38. The van der Waals surface area contributed by atoms with Crippen molar-refractivity contribution in [2.24, 2.45) is 11.8 Å². The zero-order valence-corrected chi connectivity index (χ0v) is 10.5. The van der Waals surface area contributed by atoms with Gasteiger partial charge in [-0.1, -0.05) is 33.1 Å². The van der Waals surface area contributed by atoms with Gasteiger partial charge in [0.25, 0.3) is 0 Å². The molecule has 15 heavy (non-hydrogen) atoms. The Kier molecular flexibility index (Phi) is 5.13. The van der Waals surface area contributed by atoms with E-state index < -0.39 is 0 Å². The molecule has 0 unspecified atom stereocenters. The van der Waals surface area contributed by atoms with Gasteiger partial charge in [0.2, 0.25) is 5.91 Å². The lowest BCUT2D eigenvalue weighted by molar-refractivity contribution is -0.130. The summed E-state index contributed by atoms with van der Waals surface area (Å²) in [6, 6.07) is 0. The molecule has 2 nitrogen and oxygen atoms in total. The fraction of sp³-hybridized carbons (Fsp3) is 0.923. The predicted molar refractivity (Wildman–Crippen MR) is 63.7 cm³/mol. The minimum atomic E-state index is 0.245. The van der Waals surface area contributed by atoms with Crippen molar-refractivity contribution in [1.29, 1.82) is 0 Å².